The summed E-state index contributed by atoms with van der Waals surface area (Å²) in [6.45, 7) is 8.58. The Morgan fingerprint density at radius 2 is 1.77 bits per heavy atom. The molecule has 1 saturated carbocycles. The average molecular weight is 409 g/mol. The van der Waals surface area contributed by atoms with Gasteiger partial charge in [0, 0.05) is 29.1 Å². The van der Waals surface area contributed by atoms with Crippen molar-refractivity contribution in [1.82, 2.24) is 9.97 Å². The predicted octanol–water partition coefficient (Wildman–Crippen LogP) is 6.76. The van der Waals surface area contributed by atoms with E-state index < -0.39 is 0 Å². The fourth-order valence-corrected chi connectivity index (χ4v) is 3.67. The number of hydrogen-bond acceptors (Lipinski definition) is 4. The topological polar surface area (TPSA) is 50.2 Å². The van der Waals surface area contributed by atoms with Gasteiger partial charge in [0.05, 0.1) is 11.4 Å². The summed E-state index contributed by atoms with van der Waals surface area (Å²) in [6, 6.07) is 8.97. The average Bonchev–Trinajstić information content (AvgIpc) is 3.56. The Balaban J connectivity index is 2.03. The Bertz CT molecular complexity index is 892. The number of allylic oxidation sites excluding steroid dienone is 1. The lowest BCUT2D eigenvalue weighted by molar-refractivity contribution is 0.557. The zero-order chi connectivity index (χ0) is 21.5. The highest BCUT2D eigenvalue weighted by atomic mass is 19.1. The Morgan fingerprint density at radius 1 is 1.10 bits per heavy atom. The Labute approximate surface area is 179 Å². The lowest BCUT2D eigenvalue weighted by Gasteiger charge is -2.17. The highest BCUT2D eigenvalue weighted by Gasteiger charge is 2.22. The van der Waals surface area contributed by atoms with Crippen LogP contribution in [0.3, 0.4) is 0 Å². The van der Waals surface area contributed by atoms with Crippen LogP contribution in [0.5, 0.6) is 0 Å². The lowest BCUT2D eigenvalue weighted by atomic mass is 9.93. The van der Waals surface area contributed by atoms with Gasteiger partial charge in [0.25, 0.3) is 0 Å². The van der Waals surface area contributed by atoms with Crippen LogP contribution in [-0.4, -0.2) is 21.7 Å². The standard InChI is InChI=1S/C25H33FN4/c1-5-7-19(8-6-2)18(4)28-24(20-9-11-21(26)12-10-20)17(3)23-15-16-27-25(30-23)29-22-13-14-22/h9-12,15-16,19,22H,5-8,13-14H2,1-4H3,(H,27,29,30)/b24-17+,28-18?. The fourth-order valence-electron chi connectivity index (χ4n) is 3.67. The SMILES string of the molecule is CCCC(CCC)C(C)=N/C(=C(\C)c1ccnc(NC2CC2)n1)c1ccc(F)cc1. The predicted molar refractivity (Wildman–Crippen MR) is 124 cm³/mol. The molecule has 0 saturated heterocycles. The maximum atomic E-state index is 13.6. The molecule has 0 atom stereocenters. The minimum Gasteiger partial charge on any atom is -0.351 e. The summed E-state index contributed by atoms with van der Waals surface area (Å²) in [6.07, 6.45) is 8.64. The molecule has 0 aliphatic heterocycles. The minimum atomic E-state index is -0.246. The van der Waals surface area contributed by atoms with Crippen molar-refractivity contribution >= 4 is 22.9 Å². The van der Waals surface area contributed by atoms with E-state index in [0.717, 1.165) is 53.9 Å². The molecule has 1 aromatic heterocycles. The van der Waals surface area contributed by atoms with Gasteiger partial charge in [-0.2, -0.15) is 0 Å². The monoisotopic (exact) mass is 408 g/mol. The molecule has 1 aromatic carbocycles. The van der Waals surface area contributed by atoms with E-state index in [-0.39, 0.29) is 5.82 Å². The number of halogens is 1. The summed E-state index contributed by atoms with van der Waals surface area (Å²) in [5.74, 6) is 0.869. The number of benzene rings is 1. The summed E-state index contributed by atoms with van der Waals surface area (Å²) in [4.78, 5) is 14.2. The van der Waals surface area contributed by atoms with Crippen LogP contribution in [0.4, 0.5) is 10.3 Å². The second kappa shape index (κ2) is 10.5. The molecular formula is C25H33FN4. The van der Waals surface area contributed by atoms with E-state index in [1.807, 2.05) is 13.0 Å². The molecule has 1 heterocycles. The molecule has 3 rings (SSSR count). The molecule has 0 bridgehead atoms. The number of aliphatic imine (C=N–C) groups is 1. The molecule has 1 N–H and O–H groups in total. The van der Waals surface area contributed by atoms with Gasteiger partial charge in [0.15, 0.2) is 0 Å². The van der Waals surface area contributed by atoms with Crippen LogP contribution in [0, 0.1) is 11.7 Å². The number of rotatable bonds is 10. The molecule has 0 spiro atoms. The summed E-state index contributed by atoms with van der Waals surface area (Å²) < 4.78 is 13.6. The van der Waals surface area contributed by atoms with Gasteiger partial charge in [0.1, 0.15) is 5.82 Å². The first-order valence-corrected chi connectivity index (χ1v) is 11.1. The quantitative estimate of drug-likeness (QED) is 0.442. The fraction of sp³-hybridized carbons (Fsp3) is 0.480. The third-order valence-electron chi connectivity index (χ3n) is 5.58. The second-order valence-electron chi connectivity index (χ2n) is 8.19. The Hall–Kier alpha value is -2.56. The van der Waals surface area contributed by atoms with E-state index in [1.165, 1.54) is 25.0 Å². The van der Waals surface area contributed by atoms with Crippen LogP contribution in [0.15, 0.2) is 41.5 Å². The van der Waals surface area contributed by atoms with Crippen LogP contribution in [-0.2, 0) is 0 Å². The van der Waals surface area contributed by atoms with Crippen LogP contribution < -0.4 is 5.32 Å². The second-order valence-corrected chi connectivity index (χ2v) is 8.19. The van der Waals surface area contributed by atoms with Crippen molar-refractivity contribution < 1.29 is 4.39 Å². The summed E-state index contributed by atoms with van der Waals surface area (Å²) in [7, 11) is 0. The Kier molecular flexibility index (Phi) is 7.72. The van der Waals surface area contributed by atoms with Crippen LogP contribution in [0.2, 0.25) is 0 Å². The molecule has 1 fully saturated rings. The van der Waals surface area contributed by atoms with Gasteiger partial charge in [-0.05, 0) is 75.8 Å². The van der Waals surface area contributed by atoms with E-state index in [0.29, 0.717) is 17.9 Å². The van der Waals surface area contributed by atoms with Gasteiger partial charge in [0.2, 0.25) is 5.95 Å². The lowest BCUT2D eigenvalue weighted by Crippen LogP contribution is -2.11. The van der Waals surface area contributed by atoms with Crippen molar-refractivity contribution in [2.24, 2.45) is 10.9 Å². The summed E-state index contributed by atoms with van der Waals surface area (Å²) in [5, 5.41) is 3.36. The van der Waals surface area contributed by atoms with E-state index in [1.54, 1.807) is 18.3 Å². The van der Waals surface area contributed by atoms with Gasteiger partial charge in [-0.3, -0.25) is 4.99 Å². The molecule has 0 amide bonds. The first kappa shape index (κ1) is 22.1. The Morgan fingerprint density at radius 3 is 2.37 bits per heavy atom. The molecule has 30 heavy (non-hydrogen) atoms. The van der Waals surface area contributed by atoms with E-state index >= 15 is 0 Å². The highest BCUT2D eigenvalue weighted by molar-refractivity contribution is 5.96. The number of nitrogens with one attached hydrogen (secondary N) is 1. The van der Waals surface area contributed by atoms with E-state index in [2.05, 4.69) is 31.1 Å². The normalized spacial score (nSPS) is 15.3. The largest absolute Gasteiger partial charge is 0.351 e. The number of aromatic nitrogens is 2. The van der Waals surface area contributed by atoms with Crippen molar-refractivity contribution in [3.05, 3.63) is 53.6 Å². The molecule has 0 unspecified atom stereocenters. The van der Waals surface area contributed by atoms with Crippen molar-refractivity contribution in [2.75, 3.05) is 5.32 Å². The van der Waals surface area contributed by atoms with E-state index in [9.17, 15) is 4.39 Å². The van der Waals surface area contributed by atoms with Gasteiger partial charge >= 0.3 is 0 Å². The zero-order valence-electron chi connectivity index (χ0n) is 18.6. The molecule has 1 aliphatic carbocycles. The van der Waals surface area contributed by atoms with Gasteiger partial charge in [-0.15, -0.1) is 0 Å². The van der Waals surface area contributed by atoms with Crippen molar-refractivity contribution in [3.63, 3.8) is 0 Å². The maximum Gasteiger partial charge on any atom is 0.223 e. The van der Waals surface area contributed by atoms with Crippen molar-refractivity contribution in [1.29, 1.82) is 0 Å². The van der Waals surface area contributed by atoms with Crippen LogP contribution in [0.25, 0.3) is 11.3 Å². The third kappa shape index (κ3) is 5.97. The smallest absolute Gasteiger partial charge is 0.223 e. The maximum absolute atomic E-state index is 13.6. The van der Waals surface area contributed by atoms with Gasteiger partial charge in [-0.1, -0.05) is 26.7 Å². The minimum absolute atomic E-state index is 0.246. The van der Waals surface area contributed by atoms with Crippen LogP contribution in [0.1, 0.15) is 77.5 Å². The first-order chi connectivity index (χ1) is 14.5. The van der Waals surface area contributed by atoms with Crippen molar-refractivity contribution in [3.8, 4) is 0 Å². The first-order valence-electron chi connectivity index (χ1n) is 11.1. The number of anilines is 1. The highest BCUT2D eigenvalue weighted by Crippen LogP contribution is 2.29. The van der Waals surface area contributed by atoms with Crippen molar-refractivity contribution in [2.45, 2.75) is 72.3 Å². The molecule has 4 nitrogen and oxygen atoms in total. The van der Waals surface area contributed by atoms with Gasteiger partial charge < -0.3 is 5.32 Å². The number of hydrogen-bond donors (Lipinski definition) is 1. The molecule has 2 aromatic rings. The van der Waals surface area contributed by atoms with E-state index in [4.69, 9.17) is 9.98 Å². The summed E-state index contributed by atoms with van der Waals surface area (Å²) >= 11 is 0. The molecular weight excluding hydrogens is 375 g/mol. The van der Waals surface area contributed by atoms with Crippen LogP contribution >= 0.6 is 0 Å². The van der Waals surface area contributed by atoms with Gasteiger partial charge in [-0.25, -0.2) is 14.4 Å². The molecule has 160 valence electrons. The molecule has 5 heteroatoms. The molecule has 1 aliphatic rings. The molecule has 0 radical (unpaired) electrons. The summed E-state index contributed by atoms with van der Waals surface area (Å²) in [5.41, 5.74) is 4.68. The zero-order valence-corrected chi connectivity index (χ0v) is 18.6. The third-order valence-corrected chi connectivity index (χ3v) is 5.58. The number of nitrogens with zero attached hydrogens (tertiary/aromatic N) is 3.